The lowest BCUT2D eigenvalue weighted by molar-refractivity contribution is 0.339. The van der Waals surface area contributed by atoms with E-state index < -0.39 is 0 Å². The van der Waals surface area contributed by atoms with Gasteiger partial charge in [0.1, 0.15) is 23.1 Å². The van der Waals surface area contributed by atoms with Crippen LogP contribution in [0.3, 0.4) is 0 Å². The van der Waals surface area contributed by atoms with E-state index in [1.165, 1.54) is 0 Å². The molecule has 1 aliphatic rings. The largest absolute Gasteiger partial charge is 0.495 e. The van der Waals surface area contributed by atoms with Crippen LogP contribution in [-0.2, 0) is 6.42 Å². The number of aryl methyl sites for hydroxylation is 1. The van der Waals surface area contributed by atoms with Crippen LogP contribution in [-0.4, -0.2) is 19.5 Å². The molecule has 22 heavy (non-hydrogen) atoms. The number of nitrogens with one attached hydrogen (secondary N) is 1. The normalized spacial score (nSPS) is 16.5. The number of furan rings is 1. The molecule has 1 aliphatic heterocycles. The summed E-state index contributed by atoms with van der Waals surface area (Å²) in [7, 11) is 1.67. The fourth-order valence-corrected chi connectivity index (χ4v) is 2.75. The number of amidine groups is 1. The SMILES string of the molecule is COc1ccccc1NC1=NCC(C)(C)Cc2oc(C)cc21. The van der Waals surface area contributed by atoms with Crippen LogP contribution in [0.15, 0.2) is 39.7 Å². The zero-order valence-electron chi connectivity index (χ0n) is 13.6. The zero-order valence-corrected chi connectivity index (χ0v) is 13.6. The third kappa shape index (κ3) is 2.86. The van der Waals surface area contributed by atoms with Crippen molar-refractivity contribution in [3.8, 4) is 5.75 Å². The number of para-hydroxylation sites is 2. The molecule has 0 saturated carbocycles. The first-order valence-electron chi connectivity index (χ1n) is 7.53. The number of anilines is 1. The quantitative estimate of drug-likeness (QED) is 0.910. The van der Waals surface area contributed by atoms with Gasteiger partial charge in [-0.1, -0.05) is 26.0 Å². The number of ether oxygens (including phenoxy) is 1. The molecule has 1 aromatic carbocycles. The second kappa shape index (κ2) is 5.52. The van der Waals surface area contributed by atoms with E-state index >= 15 is 0 Å². The Morgan fingerprint density at radius 1 is 1.27 bits per heavy atom. The molecule has 2 heterocycles. The summed E-state index contributed by atoms with van der Waals surface area (Å²) in [5.74, 6) is 3.57. The summed E-state index contributed by atoms with van der Waals surface area (Å²) in [4.78, 5) is 4.79. The predicted molar refractivity (Wildman–Crippen MR) is 89.0 cm³/mol. The molecular weight excluding hydrogens is 276 g/mol. The average Bonchev–Trinajstić information content (AvgIpc) is 2.78. The molecule has 2 aromatic rings. The van der Waals surface area contributed by atoms with Gasteiger partial charge in [0.15, 0.2) is 0 Å². The van der Waals surface area contributed by atoms with Crippen LogP contribution in [0.2, 0.25) is 0 Å². The monoisotopic (exact) mass is 298 g/mol. The maximum atomic E-state index is 5.89. The van der Waals surface area contributed by atoms with Crippen molar-refractivity contribution in [2.75, 3.05) is 19.0 Å². The number of aliphatic imine (C=N–C) groups is 1. The molecule has 0 radical (unpaired) electrons. The molecule has 1 aromatic heterocycles. The number of hydrogen-bond acceptors (Lipinski definition) is 4. The van der Waals surface area contributed by atoms with Crippen molar-refractivity contribution in [3.05, 3.63) is 47.4 Å². The van der Waals surface area contributed by atoms with E-state index in [4.69, 9.17) is 14.1 Å². The van der Waals surface area contributed by atoms with Gasteiger partial charge in [0, 0.05) is 13.0 Å². The molecule has 3 rings (SSSR count). The van der Waals surface area contributed by atoms with Gasteiger partial charge in [-0.25, -0.2) is 0 Å². The fraction of sp³-hybridized carbons (Fsp3) is 0.389. The Morgan fingerprint density at radius 3 is 2.82 bits per heavy atom. The van der Waals surface area contributed by atoms with Gasteiger partial charge in [-0.05, 0) is 30.5 Å². The molecule has 0 aliphatic carbocycles. The smallest absolute Gasteiger partial charge is 0.142 e. The summed E-state index contributed by atoms with van der Waals surface area (Å²) >= 11 is 0. The van der Waals surface area contributed by atoms with E-state index in [1.807, 2.05) is 31.2 Å². The summed E-state index contributed by atoms with van der Waals surface area (Å²) in [5.41, 5.74) is 2.05. The minimum atomic E-state index is 0.0866. The van der Waals surface area contributed by atoms with Crippen molar-refractivity contribution in [3.63, 3.8) is 0 Å². The van der Waals surface area contributed by atoms with Gasteiger partial charge in [0.2, 0.25) is 0 Å². The van der Waals surface area contributed by atoms with Crippen LogP contribution >= 0.6 is 0 Å². The number of rotatable bonds is 2. The Hall–Kier alpha value is -2.23. The molecule has 1 N–H and O–H groups in total. The molecule has 0 bridgehead atoms. The van der Waals surface area contributed by atoms with Crippen molar-refractivity contribution in [1.82, 2.24) is 0 Å². The summed E-state index contributed by atoms with van der Waals surface area (Å²) in [6.45, 7) is 7.16. The first-order valence-corrected chi connectivity index (χ1v) is 7.53. The lowest BCUT2D eigenvalue weighted by Gasteiger charge is -2.19. The molecule has 0 saturated heterocycles. The van der Waals surface area contributed by atoms with Crippen LogP contribution in [0.1, 0.15) is 30.9 Å². The molecule has 0 atom stereocenters. The lowest BCUT2D eigenvalue weighted by Crippen LogP contribution is -2.18. The van der Waals surface area contributed by atoms with Gasteiger partial charge in [-0.15, -0.1) is 0 Å². The van der Waals surface area contributed by atoms with Crippen LogP contribution < -0.4 is 10.1 Å². The highest BCUT2D eigenvalue weighted by molar-refractivity contribution is 6.09. The Balaban J connectivity index is 2.00. The van der Waals surface area contributed by atoms with Gasteiger partial charge in [0.05, 0.1) is 18.4 Å². The minimum Gasteiger partial charge on any atom is -0.495 e. The zero-order chi connectivity index (χ0) is 15.7. The van der Waals surface area contributed by atoms with Crippen LogP contribution in [0, 0.1) is 12.3 Å². The topological polar surface area (TPSA) is 46.8 Å². The molecule has 0 spiro atoms. The molecule has 116 valence electrons. The Labute approximate surface area is 131 Å². The van der Waals surface area contributed by atoms with Gasteiger partial charge in [0.25, 0.3) is 0 Å². The third-order valence-electron chi connectivity index (χ3n) is 3.85. The van der Waals surface area contributed by atoms with E-state index in [9.17, 15) is 0 Å². The van der Waals surface area contributed by atoms with Gasteiger partial charge < -0.3 is 14.5 Å². The molecule has 0 fully saturated rings. The summed E-state index contributed by atoms with van der Waals surface area (Å²) < 4.78 is 11.3. The third-order valence-corrected chi connectivity index (χ3v) is 3.85. The Morgan fingerprint density at radius 2 is 2.05 bits per heavy atom. The Kier molecular flexibility index (Phi) is 3.69. The lowest BCUT2D eigenvalue weighted by atomic mass is 9.88. The van der Waals surface area contributed by atoms with Crippen LogP contribution in [0.5, 0.6) is 5.75 Å². The van der Waals surface area contributed by atoms with E-state index in [-0.39, 0.29) is 5.41 Å². The maximum absolute atomic E-state index is 5.89. The first-order chi connectivity index (χ1) is 10.5. The van der Waals surface area contributed by atoms with Crippen molar-refractivity contribution in [1.29, 1.82) is 0 Å². The highest BCUT2D eigenvalue weighted by Gasteiger charge is 2.28. The number of fused-ring (bicyclic) bond motifs is 1. The summed E-state index contributed by atoms with van der Waals surface area (Å²) in [5, 5.41) is 3.41. The average molecular weight is 298 g/mol. The van der Waals surface area contributed by atoms with E-state index in [2.05, 4.69) is 25.2 Å². The molecule has 4 heteroatoms. The Bertz CT molecular complexity index is 714. The molecule has 4 nitrogen and oxygen atoms in total. The van der Waals surface area contributed by atoms with Gasteiger partial charge >= 0.3 is 0 Å². The highest BCUT2D eigenvalue weighted by Crippen LogP contribution is 2.31. The highest BCUT2D eigenvalue weighted by atomic mass is 16.5. The maximum Gasteiger partial charge on any atom is 0.142 e. The first kappa shape index (κ1) is 14.7. The van der Waals surface area contributed by atoms with Crippen LogP contribution in [0.4, 0.5) is 5.69 Å². The minimum absolute atomic E-state index is 0.0866. The standard InChI is InChI=1S/C18H22N2O2/c1-12-9-13-16(22-12)10-18(2,3)11-19-17(13)20-14-7-5-6-8-15(14)21-4/h5-9H,10-11H2,1-4H3,(H,19,20). The van der Waals surface area contributed by atoms with Crippen LogP contribution in [0.25, 0.3) is 0 Å². The number of benzene rings is 1. The van der Waals surface area contributed by atoms with Gasteiger partial charge in [-0.3, -0.25) is 4.99 Å². The number of nitrogens with zero attached hydrogens (tertiary/aromatic N) is 1. The number of methoxy groups -OCH3 is 1. The summed E-state index contributed by atoms with van der Waals surface area (Å²) in [6, 6.07) is 9.91. The van der Waals surface area contributed by atoms with Crippen molar-refractivity contribution in [2.45, 2.75) is 27.2 Å². The molecular formula is C18H22N2O2. The van der Waals surface area contributed by atoms with E-state index in [1.54, 1.807) is 7.11 Å². The van der Waals surface area contributed by atoms with Gasteiger partial charge in [-0.2, -0.15) is 0 Å². The summed E-state index contributed by atoms with van der Waals surface area (Å²) in [6.07, 6.45) is 0.886. The second-order valence-corrected chi connectivity index (χ2v) is 6.53. The van der Waals surface area contributed by atoms with Crippen molar-refractivity contribution in [2.24, 2.45) is 10.4 Å². The number of hydrogen-bond donors (Lipinski definition) is 1. The van der Waals surface area contributed by atoms with Crippen molar-refractivity contribution >= 4 is 11.5 Å². The van der Waals surface area contributed by atoms with E-state index in [0.29, 0.717) is 0 Å². The fourth-order valence-electron chi connectivity index (χ4n) is 2.75. The molecule has 0 unspecified atom stereocenters. The molecule has 0 amide bonds. The second-order valence-electron chi connectivity index (χ2n) is 6.53. The van der Waals surface area contributed by atoms with Crippen molar-refractivity contribution < 1.29 is 9.15 Å². The predicted octanol–water partition coefficient (Wildman–Crippen LogP) is 4.04. The van der Waals surface area contributed by atoms with E-state index in [0.717, 1.165) is 47.3 Å².